The number of benzene rings is 1. The molecule has 1 aliphatic heterocycles. The van der Waals surface area contributed by atoms with Crippen molar-refractivity contribution in [2.45, 2.75) is 6.42 Å². The van der Waals surface area contributed by atoms with Crippen LogP contribution in [0, 0.1) is 0 Å². The van der Waals surface area contributed by atoms with Gasteiger partial charge in [-0.2, -0.15) is 0 Å². The second kappa shape index (κ2) is 5.92. The van der Waals surface area contributed by atoms with E-state index in [9.17, 15) is 9.59 Å². The van der Waals surface area contributed by atoms with Gasteiger partial charge in [-0.1, -0.05) is 27.5 Å². The van der Waals surface area contributed by atoms with Crippen LogP contribution < -0.4 is 0 Å². The highest BCUT2D eigenvalue weighted by molar-refractivity contribution is 9.10. The summed E-state index contributed by atoms with van der Waals surface area (Å²) in [4.78, 5) is 27.4. The number of carbonyl (C=O) groups is 2. The van der Waals surface area contributed by atoms with E-state index in [0.717, 1.165) is 10.9 Å². The molecular formula is C13H14BrClN2O2. The van der Waals surface area contributed by atoms with Crippen LogP contribution in [0.15, 0.2) is 22.7 Å². The molecular weight excluding hydrogens is 332 g/mol. The molecule has 19 heavy (non-hydrogen) atoms. The number of hydrogen-bond acceptors (Lipinski definition) is 2. The minimum Gasteiger partial charge on any atom is -0.344 e. The number of likely N-dealkylation sites (N-methyl/N-ethyl adjacent to an activating group) is 1. The zero-order valence-corrected chi connectivity index (χ0v) is 12.9. The average molecular weight is 346 g/mol. The highest BCUT2D eigenvalue weighted by Crippen LogP contribution is 2.23. The molecule has 1 fully saturated rings. The lowest BCUT2D eigenvalue weighted by Gasteiger charge is -2.20. The molecule has 0 radical (unpaired) electrons. The van der Waals surface area contributed by atoms with E-state index in [0.29, 0.717) is 23.7 Å². The van der Waals surface area contributed by atoms with Gasteiger partial charge in [-0.25, -0.2) is 0 Å². The molecule has 0 N–H and O–H groups in total. The monoisotopic (exact) mass is 344 g/mol. The first-order chi connectivity index (χ1) is 8.99. The molecule has 0 bridgehead atoms. The van der Waals surface area contributed by atoms with E-state index in [2.05, 4.69) is 15.9 Å². The first kappa shape index (κ1) is 14.3. The zero-order chi connectivity index (χ0) is 14.0. The molecule has 0 aliphatic carbocycles. The summed E-state index contributed by atoms with van der Waals surface area (Å²) in [7, 11) is 1.75. The molecule has 1 saturated heterocycles. The van der Waals surface area contributed by atoms with Gasteiger partial charge < -0.3 is 9.80 Å². The summed E-state index contributed by atoms with van der Waals surface area (Å²) in [6, 6.07) is 5.13. The van der Waals surface area contributed by atoms with Gasteiger partial charge in [0.1, 0.15) is 6.54 Å². The van der Waals surface area contributed by atoms with Gasteiger partial charge in [0, 0.05) is 24.6 Å². The molecule has 102 valence electrons. The number of halogens is 2. The second-order valence-electron chi connectivity index (χ2n) is 4.52. The third-order valence-electron chi connectivity index (χ3n) is 3.12. The van der Waals surface area contributed by atoms with Crippen molar-refractivity contribution in [1.29, 1.82) is 0 Å². The molecule has 0 unspecified atom stereocenters. The van der Waals surface area contributed by atoms with Crippen molar-refractivity contribution in [3.63, 3.8) is 0 Å². The largest absolute Gasteiger partial charge is 0.344 e. The predicted octanol–water partition coefficient (Wildman–Crippen LogP) is 2.41. The van der Waals surface area contributed by atoms with Crippen LogP contribution in [-0.4, -0.2) is 48.3 Å². The number of hydrogen-bond donors (Lipinski definition) is 0. The van der Waals surface area contributed by atoms with Crippen molar-refractivity contribution in [2.24, 2.45) is 0 Å². The van der Waals surface area contributed by atoms with Gasteiger partial charge in [0.2, 0.25) is 5.91 Å². The van der Waals surface area contributed by atoms with Crippen LogP contribution in [0.25, 0.3) is 0 Å². The molecule has 6 heteroatoms. The van der Waals surface area contributed by atoms with Gasteiger partial charge in [0.15, 0.2) is 0 Å². The molecule has 0 spiro atoms. The van der Waals surface area contributed by atoms with Gasteiger partial charge in [-0.3, -0.25) is 9.59 Å². The van der Waals surface area contributed by atoms with E-state index in [4.69, 9.17) is 11.6 Å². The third kappa shape index (κ3) is 3.28. The van der Waals surface area contributed by atoms with Crippen molar-refractivity contribution in [3.8, 4) is 0 Å². The quantitative estimate of drug-likeness (QED) is 0.784. The highest BCUT2D eigenvalue weighted by Gasteiger charge is 2.25. The van der Waals surface area contributed by atoms with Crippen LogP contribution in [0.1, 0.15) is 16.8 Å². The summed E-state index contributed by atoms with van der Waals surface area (Å²) in [5.41, 5.74) is 0.424. The molecule has 1 aliphatic rings. The summed E-state index contributed by atoms with van der Waals surface area (Å²) in [6.07, 6.45) is 0.777. The van der Waals surface area contributed by atoms with Crippen LogP contribution in [0.2, 0.25) is 5.02 Å². The van der Waals surface area contributed by atoms with Crippen molar-refractivity contribution in [2.75, 3.05) is 26.7 Å². The Morgan fingerprint density at radius 1 is 1.37 bits per heavy atom. The Bertz CT molecular complexity index is 521. The molecule has 4 nitrogen and oxygen atoms in total. The second-order valence-corrected chi connectivity index (χ2v) is 5.84. The van der Waals surface area contributed by atoms with Gasteiger partial charge >= 0.3 is 0 Å². The number of amides is 2. The smallest absolute Gasteiger partial charge is 0.255 e. The molecule has 0 atom stereocenters. The van der Waals surface area contributed by atoms with Crippen LogP contribution in [0.3, 0.4) is 0 Å². The molecule has 0 saturated carbocycles. The van der Waals surface area contributed by atoms with Gasteiger partial charge in [-0.05, 0) is 24.6 Å². The lowest BCUT2D eigenvalue weighted by atomic mass is 10.2. The maximum absolute atomic E-state index is 12.4. The Hall–Kier alpha value is -1.07. The van der Waals surface area contributed by atoms with Gasteiger partial charge in [0.05, 0.1) is 10.6 Å². The van der Waals surface area contributed by atoms with Crippen molar-refractivity contribution in [1.82, 2.24) is 9.80 Å². The maximum Gasteiger partial charge on any atom is 0.255 e. The number of nitrogens with zero attached hydrogens (tertiary/aromatic N) is 2. The fourth-order valence-electron chi connectivity index (χ4n) is 1.99. The molecule has 0 aromatic heterocycles. The third-order valence-corrected chi connectivity index (χ3v) is 3.94. The molecule has 1 heterocycles. The summed E-state index contributed by atoms with van der Waals surface area (Å²) in [6.45, 7) is 1.35. The van der Waals surface area contributed by atoms with E-state index < -0.39 is 0 Å². The number of carbonyl (C=O) groups excluding carboxylic acids is 2. The first-order valence-electron chi connectivity index (χ1n) is 5.97. The first-order valence-corrected chi connectivity index (χ1v) is 7.14. The van der Waals surface area contributed by atoms with Gasteiger partial charge in [-0.15, -0.1) is 0 Å². The van der Waals surface area contributed by atoms with Crippen molar-refractivity contribution >= 4 is 39.3 Å². The highest BCUT2D eigenvalue weighted by atomic mass is 79.9. The lowest BCUT2D eigenvalue weighted by Crippen LogP contribution is -2.38. The van der Waals surface area contributed by atoms with Crippen molar-refractivity contribution in [3.05, 3.63) is 33.3 Å². The lowest BCUT2D eigenvalue weighted by molar-refractivity contribution is -0.129. The maximum atomic E-state index is 12.4. The average Bonchev–Trinajstić information content (AvgIpc) is 2.54. The Labute approximate surface area is 125 Å². The minimum atomic E-state index is -0.199. The van der Waals surface area contributed by atoms with Crippen LogP contribution in [0.5, 0.6) is 0 Å². The molecule has 1 aromatic rings. The van der Waals surface area contributed by atoms with Crippen LogP contribution in [-0.2, 0) is 4.79 Å². The Kier molecular flexibility index (Phi) is 4.47. The number of rotatable bonds is 1. The van der Waals surface area contributed by atoms with E-state index >= 15 is 0 Å². The van der Waals surface area contributed by atoms with Crippen molar-refractivity contribution < 1.29 is 9.59 Å². The summed E-state index contributed by atoms with van der Waals surface area (Å²) < 4.78 is 0.790. The van der Waals surface area contributed by atoms with Crippen LogP contribution in [0.4, 0.5) is 0 Å². The predicted molar refractivity (Wildman–Crippen MR) is 77.3 cm³/mol. The standard InChI is InChI=1S/C13H14BrClN2O2/c1-16-5-2-6-17(8-12(16)18)13(19)10-7-9(14)3-4-11(10)15/h3-4,7H,2,5-6,8H2,1H3. The SMILES string of the molecule is CN1CCCN(C(=O)c2cc(Br)ccc2Cl)CC1=O. The van der Waals surface area contributed by atoms with Crippen LogP contribution >= 0.6 is 27.5 Å². The van der Waals surface area contributed by atoms with E-state index in [1.807, 2.05) is 0 Å². The molecule has 2 rings (SSSR count). The minimum absolute atomic E-state index is 0.0445. The Morgan fingerprint density at radius 2 is 2.11 bits per heavy atom. The van der Waals surface area contributed by atoms with E-state index in [1.165, 1.54) is 0 Å². The topological polar surface area (TPSA) is 40.6 Å². The fraction of sp³-hybridized carbons (Fsp3) is 0.385. The molecule has 2 amide bonds. The Morgan fingerprint density at radius 3 is 2.84 bits per heavy atom. The molecule has 1 aromatic carbocycles. The van der Waals surface area contributed by atoms with E-state index in [1.54, 1.807) is 35.0 Å². The van der Waals surface area contributed by atoms with Gasteiger partial charge in [0.25, 0.3) is 5.91 Å². The van der Waals surface area contributed by atoms with E-state index in [-0.39, 0.29) is 18.4 Å². The fourth-order valence-corrected chi connectivity index (χ4v) is 2.55. The summed E-state index contributed by atoms with van der Waals surface area (Å²) in [5, 5.41) is 0.401. The summed E-state index contributed by atoms with van der Waals surface area (Å²) >= 11 is 9.37. The zero-order valence-electron chi connectivity index (χ0n) is 10.5. The normalized spacial score (nSPS) is 16.5. The summed E-state index contributed by atoms with van der Waals surface area (Å²) in [5.74, 6) is -0.244. The Balaban J connectivity index is 2.23.